The zero-order chi connectivity index (χ0) is 12.3. The lowest BCUT2D eigenvalue weighted by Gasteiger charge is -2.41. The third kappa shape index (κ3) is 3.01. The Morgan fingerprint density at radius 1 is 1.24 bits per heavy atom. The van der Waals surface area contributed by atoms with Gasteiger partial charge in [-0.25, -0.2) is 0 Å². The highest BCUT2D eigenvalue weighted by Crippen LogP contribution is 2.30. The molecule has 2 aliphatic rings. The molecule has 2 fully saturated rings. The Bertz CT molecular complexity index is 222. The van der Waals surface area contributed by atoms with Crippen molar-refractivity contribution in [1.29, 1.82) is 0 Å². The van der Waals surface area contributed by atoms with Crippen molar-refractivity contribution in [2.24, 2.45) is 0 Å². The molecular weight excluding hydrogens is 212 g/mol. The highest BCUT2D eigenvalue weighted by atomic mass is 16.5. The molecule has 2 rings (SSSR count). The van der Waals surface area contributed by atoms with Crippen LogP contribution in [0.25, 0.3) is 0 Å². The van der Waals surface area contributed by atoms with Crippen molar-refractivity contribution in [3.63, 3.8) is 0 Å². The summed E-state index contributed by atoms with van der Waals surface area (Å²) in [6.07, 6.45) is 6.65. The van der Waals surface area contributed by atoms with E-state index in [1.165, 1.54) is 32.1 Å². The monoisotopic (exact) mass is 240 g/mol. The topological polar surface area (TPSA) is 24.5 Å². The Labute approximate surface area is 106 Å². The van der Waals surface area contributed by atoms with E-state index in [0.717, 1.165) is 31.3 Å². The number of nitrogens with one attached hydrogen (secondary N) is 1. The lowest BCUT2D eigenvalue weighted by atomic mass is 9.96. The maximum absolute atomic E-state index is 5.38. The zero-order valence-corrected chi connectivity index (χ0v) is 11.6. The Morgan fingerprint density at radius 3 is 2.35 bits per heavy atom. The van der Waals surface area contributed by atoms with Crippen LogP contribution in [0.2, 0.25) is 0 Å². The number of nitrogens with zero attached hydrogens (tertiary/aromatic N) is 1. The van der Waals surface area contributed by atoms with E-state index in [0.29, 0.717) is 6.04 Å². The Morgan fingerprint density at radius 2 is 1.88 bits per heavy atom. The van der Waals surface area contributed by atoms with Crippen LogP contribution in [0.3, 0.4) is 0 Å². The number of methoxy groups -OCH3 is 1. The molecule has 2 saturated heterocycles. The van der Waals surface area contributed by atoms with Gasteiger partial charge in [-0.05, 0) is 38.6 Å². The van der Waals surface area contributed by atoms with E-state index in [1.807, 2.05) is 7.11 Å². The highest BCUT2D eigenvalue weighted by Gasteiger charge is 2.37. The lowest BCUT2D eigenvalue weighted by molar-refractivity contribution is 0.0438. The molecule has 0 radical (unpaired) electrons. The number of piperidine rings is 1. The molecule has 0 amide bonds. The third-order valence-corrected chi connectivity index (χ3v) is 4.58. The fourth-order valence-electron chi connectivity index (χ4n) is 3.75. The van der Waals surface area contributed by atoms with Crippen molar-refractivity contribution < 1.29 is 4.74 Å². The molecule has 0 aromatic carbocycles. The molecule has 0 aromatic heterocycles. The van der Waals surface area contributed by atoms with Crippen LogP contribution in [0.5, 0.6) is 0 Å². The summed E-state index contributed by atoms with van der Waals surface area (Å²) in [5.41, 5.74) is 0. The van der Waals surface area contributed by atoms with Crippen molar-refractivity contribution in [1.82, 2.24) is 10.2 Å². The van der Waals surface area contributed by atoms with Crippen LogP contribution in [0.1, 0.15) is 46.0 Å². The van der Waals surface area contributed by atoms with Crippen LogP contribution < -0.4 is 5.32 Å². The molecular formula is C14H28N2O. The van der Waals surface area contributed by atoms with Gasteiger partial charge < -0.3 is 10.1 Å². The second kappa shape index (κ2) is 6.17. The lowest BCUT2D eigenvalue weighted by Crippen LogP contribution is -2.52. The summed E-state index contributed by atoms with van der Waals surface area (Å²) in [7, 11) is 1.82. The molecule has 3 atom stereocenters. The van der Waals surface area contributed by atoms with Gasteiger partial charge >= 0.3 is 0 Å². The molecule has 2 aliphatic heterocycles. The molecule has 100 valence electrons. The van der Waals surface area contributed by atoms with Gasteiger partial charge in [-0.1, -0.05) is 13.8 Å². The van der Waals surface area contributed by atoms with Crippen molar-refractivity contribution in [3.05, 3.63) is 0 Å². The molecule has 0 saturated carbocycles. The summed E-state index contributed by atoms with van der Waals surface area (Å²) >= 11 is 0. The second-order valence-corrected chi connectivity index (χ2v) is 5.61. The van der Waals surface area contributed by atoms with E-state index < -0.39 is 0 Å². The van der Waals surface area contributed by atoms with Crippen molar-refractivity contribution >= 4 is 0 Å². The summed E-state index contributed by atoms with van der Waals surface area (Å²) < 4.78 is 5.38. The average molecular weight is 240 g/mol. The van der Waals surface area contributed by atoms with Gasteiger partial charge in [-0.3, -0.25) is 4.90 Å². The Kier molecular flexibility index (Phi) is 4.83. The first-order chi connectivity index (χ1) is 8.28. The predicted molar refractivity (Wildman–Crippen MR) is 71.3 cm³/mol. The summed E-state index contributed by atoms with van der Waals surface area (Å²) in [5.74, 6) is 0. The number of fused-ring (bicyclic) bond motifs is 2. The van der Waals surface area contributed by atoms with E-state index in [9.17, 15) is 0 Å². The molecule has 3 nitrogen and oxygen atoms in total. The van der Waals surface area contributed by atoms with Crippen molar-refractivity contribution in [2.75, 3.05) is 20.3 Å². The van der Waals surface area contributed by atoms with Gasteiger partial charge in [0.1, 0.15) is 0 Å². The van der Waals surface area contributed by atoms with E-state index in [2.05, 4.69) is 24.1 Å². The standard InChI is InChI=1S/C14H28N2O/c1-4-13(10-17-3)16(5-2)14-8-11-6-7-12(9-14)15-11/h11-15H,4-10H2,1-3H3. The molecule has 1 N–H and O–H groups in total. The number of hydrogen-bond donors (Lipinski definition) is 1. The number of likely N-dealkylation sites (N-methyl/N-ethyl adjacent to an activating group) is 1. The number of ether oxygens (including phenoxy) is 1. The first kappa shape index (κ1) is 13.3. The Balaban J connectivity index is 1.97. The molecule has 0 aliphatic carbocycles. The van der Waals surface area contributed by atoms with Crippen molar-refractivity contribution in [2.45, 2.75) is 70.1 Å². The molecule has 2 heterocycles. The molecule has 3 unspecified atom stereocenters. The zero-order valence-electron chi connectivity index (χ0n) is 11.6. The van der Waals surface area contributed by atoms with E-state index in [1.54, 1.807) is 0 Å². The predicted octanol–water partition coefficient (Wildman–Crippen LogP) is 2.02. The smallest absolute Gasteiger partial charge is 0.0618 e. The van der Waals surface area contributed by atoms with E-state index >= 15 is 0 Å². The fourth-order valence-corrected chi connectivity index (χ4v) is 3.75. The normalized spacial score (nSPS) is 34.2. The summed E-state index contributed by atoms with van der Waals surface area (Å²) in [6.45, 7) is 6.61. The minimum absolute atomic E-state index is 0.604. The SMILES string of the molecule is CCC(COC)N(CC)C1CC2CCC(C1)N2. The minimum atomic E-state index is 0.604. The maximum Gasteiger partial charge on any atom is 0.0618 e. The summed E-state index contributed by atoms with van der Waals surface area (Å²) in [5, 5.41) is 3.73. The highest BCUT2D eigenvalue weighted by molar-refractivity contribution is 4.96. The van der Waals surface area contributed by atoms with Gasteiger partial charge in [0.05, 0.1) is 6.61 Å². The van der Waals surface area contributed by atoms with E-state index in [-0.39, 0.29) is 0 Å². The largest absolute Gasteiger partial charge is 0.383 e. The molecule has 2 bridgehead atoms. The molecule has 3 heteroatoms. The van der Waals surface area contributed by atoms with Gasteiger partial charge in [-0.2, -0.15) is 0 Å². The van der Waals surface area contributed by atoms with Crippen LogP contribution in [0.15, 0.2) is 0 Å². The van der Waals surface area contributed by atoms with Crippen LogP contribution in [0.4, 0.5) is 0 Å². The molecule has 17 heavy (non-hydrogen) atoms. The number of hydrogen-bond acceptors (Lipinski definition) is 3. The summed E-state index contributed by atoms with van der Waals surface area (Å²) in [4.78, 5) is 2.69. The van der Waals surface area contributed by atoms with Crippen LogP contribution in [-0.2, 0) is 4.74 Å². The quantitative estimate of drug-likeness (QED) is 0.769. The summed E-state index contributed by atoms with van der Waals surface area (Å²) in [6, 6.07) is 2.95. The van der Waals surface area contributed by atoms with Gasteiger partial charge in [0.15, 0.2) is 0 Å². The van der Waals surface area contributed by atoms with Gasteiger partial charge in [0.25, 0.3) is 0 Å². The van der Waals surface area contributed by atoms with Gasteiger partial charge in [0, 0.05) is 31.3 Å². The van der Waals surface area contributed by atoms with Crippen LogP contribution >= 0.6 is 0 Å². The average Bonchev–Trinajstić information content (AvgIpc) is 2.68. The first-order valence-electron chi connectivity index (χ1n) is 7.29. The van der Waals surface area contributed by atoms with Gasteiger partial charge in [-0.15, -0.1) is 0 Å². The molecule has 0 spiro atoms. The van der Waals surface area contributed by atoms with E-state index in [4.69, 9.17) is 4.74 Å². The third-order valence-electron chi connectivity index (χ3n) is 4.58. The fraction of sp³-hybridized carbons (Fsp3) is 1.00. The maximum atomic E-state index is 5.38. The van der Waals surface area contributed by atoms with Gasteiger partial charge in [0.2, 0.25) is 0 Å². The van der Waals surface area contributed by atoms with Crippen LogP contribution in [0, 0.1) is 0 Å². The first-order valence-corrected chi connectivity index (χ1v) is 7.29. The molecule has 0 aromatic rings. The Hall–Kier alpha value is -0.120. The number of rotatable bonds is 6. The van der Waals surface area contributed by atoms with Crippen LogP contribution in [-0.4, -0.2) is 49.3 Å². The minimum Gasteiger partial charge on any atom is -0.383 e. The van der Waals surface area contributed by atoms with Crippen molar-refractivity contribution in [3.8, 4) is 0 Å². The second-order valence-electron chi connectivity index (χ2n) is 5.61.